The molecule has 4 aromatic heterocycles. The van der Waals surface area contributed by atoms with Gasteiger partial charge in [-0.2, -0.15) is 5.10 Å². The van der Waals surface area contributed by atoms with Crippen molar-refractivity contribution in [3.05, 3.63) is 41.6 Å². The van der Waals surface area contributed by atoms with Crippen LogP contribution in [0.1, 0.15) is 0 Å². The number of aryl methyl sites for hydroxylation is 1. The molecule has 116 valence electrons. The maximum Gasteiger partial charge on any atom is 0.190 e. The summed E-state index contributed by atoms with van der Waals surface area (Å²) >= 11 is 5.24. The molecule has 0 saturated heterocycles. The molecular weight excluding hydrogens is 314 g/mol. The fraction of sp³-hybridized carbons (Fsp3) is 0.133. The molecule has 8 heteroatoms. The van der Waals surface area contributed by atoms with Gasteiger partial charge in [-0.15, -0.1) is 0 Å². The summed E-state index contributed by atoms with van der Waals surface area (Å²) in [5.41, 5.74) is 2.27. The maximum absolute atomic E-state index is 5.99. The van der Waals surface area contributed by atoms with E-state index < -0.39 is 0 Å². The summed E-state index contributed by atoms with van der Waals surface area (Å²) in [5.74, 6) is 1.70. The van der Waals surface area contributed by atoms with E-state index in [1.807, 2.05) is 31.4 Å². The lowest BCUT2D eigenvalue weighted by Gasteiger charge is -2.10. The number of methoxy groups -OCH3 is 1. The molecule has 23 heavy (non-hydrogen) atoms. The molecule has 0 aliphatic rings. The summed E-state index contributed by atoms with van der Waals surface area (Å²) in [4.78, 5) is 7.39. The van der Waals surface area contributed by atoms with Crippen LogP contribution in [0.4, 0.5) is 0 Å². The fourth-order valence-corrected chi connectivity index (χ4v) is 2.72. The summed E-state index contributed by atoms with van der Waals surface area (Å²) in [6.45, 7) is 0. The van der Waals surface area contributed by atoms with Crippen molar-refractivity contribution in [3.8, 4) is 17.2 Å². The Kier molecular flexibility index (Phi) is 3.05. The lowest BCUT2D eigenvalue weighted by Crippen LogP contribution is -1.96. The number of hydrogen-bond acceptors (Lipinski definition) is 5. The number of rotatable bonds is 3. The topological polar surface area (TPSA) is 69.4 Å². The monoisotopic (exact) mass is 327 g/mol. The summed E-state index contributed by atoms with van der Waals surface area (Å²) in [7, 11) is 3.44. The van der Waals surface area contributed by atoms with Crippen molar-refractivity contribution in [2.45, 2.75) is 0 Å². The molecule has 4 rings (SSSR count). The molecule has 0 aliphatic carbocycles. The SMILES string of the molecule is COc1c(Oc2cnn3ccccc23)cnc2[nH]c(=S)n(C)c12. The van der Waals surface area contributed by atoms with E-state index in [2.05, 4.69) is 15.1 Å². The molecule has 0 atom stereocenters. The van der Waals surface area contributed by atoms with E-state index in [9.17, 15) is 0 Å². The first-order valence-electron chi connectivity index (χ1n) is 6.91. The van der Waals surface area contributed by atoms with E-state index in [0.717, 1.165) is 11.0 Å². The Labute approximate surface area is 136 Å². The van der Waals surface area contributed by atoms with Crippen LogP contribution in [0.15, 0.2) is 36.8 Å². The zero-order chi connectivity index (χ0) is 16.0. The van der Waals surface area contributed by atoms with Crippen LogP contribution in [0.5, 0.6) is 17.2 Å². The predicted molar refractivity (Wildman–Crippen MR) is 87.7 cm³/mol. The largest absolute Gasteiger partial charge is 0.491 e. The van der Waals surface area contributed by atoms with Crippen LogP contribution < -0.4 is 9.47 Å². The molecule has 4 aromatic rings. The highest BCUT2D eigenvalue weighted by Gasteiger charge is 2.17. The van der Waals surface area contributed by atoms with E-state index in [4.69, 9.17) is 21.7 Å². The van der Waals surface area contributed by atoms with E-state index in [0.29, 0.717) is 27.7 Å². The Balaban J connectivity index is 1.89. The third-order valence-corrected chi connectivity index (χ3v) is 4.03. The third kappa shape index (κ3) is 2.07. The fourth-order valence-electron chi connectivity index (χ4n) is 2.53. The van der Waals surface area contributed by atoms with E-state index in [1.54, 1.807) is 28.6 Å². The molecule has 0 fully saturated rings. The van der Waals surface area contributed by atoms with Crippen molar-refractivity contribution in [1.82, 2.24) is 24.1 Å². The second-order valence-corrected chi connectivity index (χ2v) is 5.37. The van der Waals surface area contributed by atoms with Crippen LogP contribution in [0.25, 0.3) is 16.7 Å². The Morgan fingerprint density at radius 2 is 2.09 bits per heavy atom. The molecule has 0 radical (unpaired) electrons. The lowest BCUT2D eigenvalue weighted by molar-refractivity contribution is 0.382. The van der Waals surface area contributed by atoms with Gasteiger partial charge in [0, 0.05) is 13.2 Å². The molecule has 0 unspecified atom stereocenters. The number of pyridine rings is 2. The Bertz CT molecular complexity index is 1080. The minimum atomic E-state index is 0.503. The van der Waals surface area contributed by atoms with Crippen molar-refractivity contribution in [3.63, 3.8) is 0 Å². The number of fused-ring (bicyclic) bond motifs is 2. The Morgan fingerprint density at radius 3 is 2.91 bits per heavy atom. The summed E-state index contributed by atoms with van der Waals surface area (Å²) < 4.78 is 15.6. The molecule has 0 aromatic carbocycles. The Hall–Kier alpha value is -2.87. The van der Waals surface area contributed by atoms with Crippen molar-refractivity contribution >= 4 is 28.9 Å². The number of aromatic nitrogens is 5. The smallest absolute Gasteiger partial charge is 0.190 e. The van der Waals surface area contributed by atoms with Gasteiger partial charge in [-0.1, -0.05) is 6.07 Å². The zero-order valence-electron chi connectivity index (χ0n) is 12.5. The average Bonchev–Trinajstić information content (AvgIpc) is 3.10. The number of ether oxygens (including phenoxy) is 2. The molecule has 1 N–H and O–H groups in total. The standard InChI is InChI=1S/C15H13N5O2S/c1-19-12-13(21-2)11(7-16-14(12)18-15(19)23)22-10-8-17-20-6-4-3-5-9(10)20/h3-8H,1-2H3,(H,16,18,23). The van der Waals surface area contributed by atoms with Crippen LogP contribution in [-0.4, -0.2) is 31.3 Å². The number of nitrogens with zero attached hydrogens (tertiary/aromatic N) is 4. The summed E-state index contributed by atoms with van der Waals surface area (Å²) in [6.07, 6.45) is 5.13. The molecule has 0 aliphatic heterocycles. The van der Waals surface area contributed by atoms with Gasteiger partial charge in [-0.25, -0.2) is 9.50 Å². The highest BCUT2D eigenvalue weighted by molar-refractivity contribution is 7.71. The van der Waals surface area contributed by atoms with Crippen LogP contribution in [-0.2, 0) is 7.05 Å². The normalized spacial score (nSPS) is 11.2. The first kappa shape index (κ1) is 13.8. The number of nitrogens with one attached hydrogen (secondary N) is 1. The number of hydrogen-bond donors (Lipinski definition) is 1. The lowest BCUT2D eigenvalue weighted by atomic mass is 10.3. The van der Waals surface area contributed by atoms with Gasteiger partial charge in [0.25, 0.3) is 0 Å². The van der Waals surface area contributed by atoms with E-state index in [-0.39, 0.29) is 0 Å². The minimum Gasteiger partial charge on any atom is -0.491 e. The van der Waals surface area contributed by atoms with Gasteiger partial charge >= 0.3 is 0 Å². The van der Waals surface area contributed by atoms with Crippen molar-refractivity contribution < 1.29 is 9.47 Å². The van der Waals surface area contributed by atoms with Crippen LogP contribution >= 0.6 is 12.2 Å². The molecule has 0 spiro atoms. The number of imidazole rings is 1. The van der Waals surface area contributed by atoms with Crippen LogP contribution in [0.2, 0.25) is 0 Å². The summed E-state index contributed by atoms with van der Waals surface area (Å²) in [6, 6.07) is 5.76. The van der Waals surface area contributed by atoms with E-state index >= 15 is 0 Å². The van der Waals surface area contributed by atoms with Gasteiger partial charge in [0.15, 0.2) is 27.7 Å². The van der Waals surface area contributed by atoms with E-state index in [1.165, 1.54) is 0 Å². The molecule has 0 amide bonds. The van der Waals surface area contributed by atoms with Crippen molar-refractivity contribution in [2.24, 2.45) is 7.05 Å². The second-order valence-electron chi connectivity index (χ2n) is 4.98. The molecular formula is C15H13N5O2S. The minimum absolute atomic E-state index is 0.503. The highest BCUT2D eigenvalue weighted by Crippen LogP contribution is 2.37. The number of H-pyrrole nitrogens is 1. The van der Waals surface area contributed by atoms with Crippen molar-refractivity contribution in [1.29, 1.82) is 0 Å². The van der Waals surface area contributed by atoms with Gasteiger partial charge in [0.05, 0.1) is 19.5 Å². The first-order chi connectivity index (χ1) is 11.2. The van der Waals surface area contributed by atoms with Gasteiger partial charge in [-0.05, 0) is 24.4 Å². The number of aromatic amines is 1. The third-order valence-electron chi connectivity index (χ3n) is 3.65. The van der Waals surface area contributed by atoms with Gasteiger partial charge in [0.2, 0.25) is 0 Å². The average molecular weight is 327 g/mol. The summed E-state index contributed by atoms with van der Waals surface area (Å²) in [5, 5.41) is 4.26. The van der Waals surface area contributed by atoms with Crippen molar-refractivity contribution in [2.75, 3.05) is 7.11 Å². The quantitative estimate of drug-likeness (QED) is 0.586. The first-order valence-corrected chi connectivity index (χ1v) is 7.32. The van der Waals surface area contributed by atoms with Gasteiger partial charge in [-0.3, -0.25) is 0 Å². The molecule has 0 saturated carbocycles. The molecule has 0 bridgehead atoms. The zero-order valence-corrected chi connectivity index (χ0v) is 13.3. The molecule has 7 nitrogen and oxygen atoms in total. The highest BCUT2D eigenvalue weighted by atomic mass is 32.1. The predicted octanol–water partition coefficient (Wildman–Crippen LogP) is 3.08. The second kappa shape index (κ2) is 5.10. The van der Waals surface area contributed by atoms with Crippen LogP contribution in [0.3, 0.4) is 0 Å². The molecule has 4 heterocycles. The van der Waals surface area contributed by atoms with Crippen LogP contribution in [0, 0.1) is 4.77 Å². The van der Waals surface area contributed by atoms with Gasteiger partial charge < -0.3 is 19.0 Å². The van der Waals surface area contributed by atoms with Gasteiger partial charge in [0.1, 0.15) is 11.0 Å². The Morgan fingerprint density at radius 1 is 1.22 bits per heavy atom. The maximum atomic E-state index is 5.99.